The molecule has 0 bridgehead atoms. The first kappa shape index (κ1) is 18.0. The molecular formula is C17H18ClN3O2S. The highest BCUT2D eigenvalue weighted by Crippen LogP contribution is 2.36. The maximum Gasteiger partial charge on any atom is 0.184 e. The number of nitrogens with two attached hydrogens (primary N) is 1. The van der Waals surface area contributed by atoms with Crippen LogP contribution in [-0.4, -0.2) is 17.9 Å². The third kappa shape index (κ3) is 5.40. The lowest BCUT2D eigenvalue weighted by Gasteiger charge is -2.14. The van der Waals surface area contributed by atoms with Crippen LogP contribution in [0.5, 0.6) is 11.5 Å². The quantitative estimate of drug-likeness (QED) is 0.447. The number of halogens is 1. The number of hydrogen-bond donors (Lipinski definition) is 2. The molecule has 126 valence electrons. The van der Waals surface area contributed by atoms with E-state index < -0.39 is 0 Å². The molecule has 7 heteroatoms. The lowest BCUT2D eigenvalue weighted by atomic mass is 10.2. The molecule has 5 nitrogen and oxygen atoms in total. The van der Waals surface area contributed by atoms with Gasteiger partial charge in [0.1, 0.15) is 6.61 Å². The van der Waals surface area contributed by atoms with Crippen LogP contribution in [0.2, 0.25) is 5.02 Å². The van der Waals surface area contributed by atoms with Crippen LogP contribution in [-0.2, 0) is 6.61 Å². The molecule has 0 aromatic heterocycles. The van der Waals surface area contributed by atoms with Crippen molar-refractivity contribution in [1.29, 1.82) is 0 Å². The largest absolute Gasteiger partial charge is 0.490 e. The van der Waals surface area contributed by atoms with Gasteiger partial charge in [0.2, 0.25) is 0 Å². The highest BCUT2D eigenvalue weighted by molar-refractivity contribution is 7.80. The Labute approximate surface area is 151 Å². The third-order valence-corrected chi connectivity index (χ3v) is 3.32. The summed E-state index contributed by atoms with van der Waals surface area (Å²) in [5, 5.41) is 4.44. The molecule has 0 saturated heterocycles. The molecule has 0 aliphatic carbocycles. The van der Waals surface area contributed by atoms with Crippen LogP contribution in [0.25, 0.3) is 0 Å². The molecule has 0 heterocycles. The summed E-state index contributed by atoms with van der Waals surface area (Å²) in [4.78, 5) is 0. The number of nitrogens with zero attached hydrogens (tertiary/aromatic N) is 1. The summed E-state index contributed by atoms with van der Waals surface area (Å²) in [5.74, 6) is 1.06. The Morgan fingerprint density at radius 3 is 2.71 bits per heavy atom. The van der Waals surface area contributed by atoms with Gasteiger partial charge in [-0.05, 0) is 42.4 Å². The van der Waals surface area contributed by atoms with Crippen molar-refractivity contribution in [3.8, 4) is 11.5 Å². The van der Waals surface area contributed by atoms with Crippen LogP contribution in [0.4, 0.5) is 0 Å². The van der Waals surface area contributed by atoms with Gasteiger partial charge in [-0.1, -0.05) is 41.9 Å². The first-order valence-electron chi connectivity index (χ1n) is 7.31. The fourth-order valence-corrected chi connectivity index (χ4v) is 2.29. The molecule has 2 aromatic rings. The monoisotopic (exact) mass is 363 g/mol. The van der Waals surface area contributed by atoms with E-state index in [0.29, 0.717) is 29.7 Å². The van der Waals surface area contributed by atoms with E-state index >= 15 is 0 Å². The van der Waals surface area contributed by atoms with Crippen molar-refractivity contribution in [1.82, 2.24) is 5.43 Å². The molecule has 0 aliphatic heterocycles. The average Bonchev–Trinajstić information content (AvgIpc) is 2.55. The van der Waals surface area contributed by atoms with Gasteiger partial charge in [0.25, 0.3) is 0 Å². The molecular weight excluding hydrogens is 346 g/mol. The fourth-order valence-electron chi connectivity index (χ4n) is 1.97. The summed E-state index contributed by atoms with van der Waals surface area (Å²) in [6.07, 6.45) is 1.55. The zero-order valence-electron chi connectivity index (χ0n) is 13.2. The second kappa shape index (κ2) is 9.10. The summed E-state index contributed by atoms with van der Waals surface area (Å²) in [6.45, 7) is 2.78. The second-order valence-corrected chi connectivity index (χ2v) is 5.62. The Balaban J connectivity index is 2.20. The van der Waals surface area contributed by atoms with E-state index in [-0.39, 0.29) is 5.11 Å². The van der Waals surface area contributed by atoms with Gasteiger partial charge in [-0.25, -0.2) is 0 Å². The molecule has 2 rings (SSSR count). The lowest BCUT2D eigenvalue weighted by molar-refractivity contribution is 0.269. The summed E-state index contributed by atoms with van der Waals surface area (Å²) < 4.78 is 11.5. The fraction of sp³-hybridized carbons (Fsp3) is 0.176. The predicted octanol–water partition coefficient (Wildman–Crippen LogP) is 3.48. The number of thiocarbonyl (C=S) groups is 1. The zero-order valence-corrected chi connectivity index (χ0v) is 14.7. The van der Waals surface area contributed by atoms with Gasteiger partial charge in [0, 0.05) is 0 Å². The van der Waals surface area contributed by atoms with E-state index in [9.17, 15) is 0 Å². The number of nitrogens with one attached hydrogen (secondary N) is 1. The van der Waals surface area contributed by atoms with Crippen LogP contribution >= 0.6 is 23.8 Å². The van der Waals surface area contributed by atoms with Gasteiger partial charge in [-0.15, -0.1) is 0 Å². The van der Waals surface area contributed by atoms with Crippen LogP contribution in [0.3, 0.4) is 0 Å². The van der Waals surface area contributed by atoms with Crippen LogP contribution < -0.4 is 20.6 Å². The van der Waals surface area contributed by atoms with E-state index in [1.165, 1.54) is 0 Å². The third-order valence-electron chi connectivity index (χ3n) is 2.95. The van der Waals surface area contributed by atoms with Crippen LogP contribution in [0, 0.1) is 0 Å². The minimum Gasteiger partial charge on any atom is -0.490 e. The van der Waals surface area contributed by atoms with E-state index in [1.807, 2.05) is 37.3 Å². The van der Waals surface area contributed by atoms with Crippen molar-refractivity contribution in [2.75, 3.05) is 6.61 Å². The van der Waals surface area contributed by atoms with Gasteiger partial charge in [0.15, 0.2) is 16.6 Å². The highest BCUT2D eigenvalue weighted by Gasteiger charge is 2.12. The number of benzene rings is 2. The molecule has 0 spiro atoms. The van der Waals surface area contributed by atoms with Crippen LogP contribution in [0.1, 0.15) is 18.1 Å². The number of hydrogen-bond acceptors (Lipinski definition) is 4. The highest BCUT2D eigenvalue weighted by atomic mass is 35.5. The maximum atomic E-state index is 6.34. The van der Waals surface area contributed by atoms with Crippen molar-refractivity contribution in [2.24, 2.45) is 10.8 Å². The lowest BCUT2D eigenvalue weighted by Crippen LogP contribution is -2.23. The molecule has 24 heavy (non-hydrogen) atoms. The molecule has 0 fully saturated rings. The van der Waals surface area contributed by atoms with Gasteiger partial charge in [-0.2, -0.15) is 5.10 Å². The Bertz CT molecular complexity index is 723. The second-order valence-electron chi connectivity index (χ2n) is 4.77. The Morgan fingerprint density at radius 1 is 1.29 bits per heavy atom. The van der Waals surface area contributed by atoms with Crippen molar-refractivity contribution >= 4 is 35.1 Å². The normalized spacial score (nSPS) is 10.6. The Morgan fingerprint density at radius 2 is 2.04 bits per heavy atom. The first-order chi connectivity index (χ1) is 11.6. The van der Waals surface area contributed by atoms with Gasteiger partial charge in [-0.3, -0.25) is 5.43 Å². The van der Waals surface area contributed by atoms with E-state index in [2.05, 4.69) is 22.7 Å². The van der Waals surface area contributed by atoms with Gasteiger partial charge < -0.3 is 15.2 Å². The molecule has 0 unspecified atom stereocenters. The van der Waals surface area contributed by atoms with Gasteiger partial charge >= 0.3 is 0 Å². The molecule has 2 aromatic carbocycles. The predicted molar refractivity (Wildman–Crippen MR) is 101 cm³/mol. The van der Waals surface area contributed by atoms with E-state index in [0.717, 1.165) is 11.1 Å². The van der Waals surface area contributed by atoms with Gasteiger partial charge in [0.05, 0.1) is 17.8 Å². The molecule has 0 saturated carbocycles. The van der Waals surface area contributed by atoms with Crippen molar-refractivity contribution < 1.29 is 9.47 Å². The topological polar surface area (TPSA) is 68.9 Å². The first-order valence-corrected chi connectivity index (χ1v) is 8.10. The summed E-state index contributed by atoms with van der Waals surface area (Å²) in [7, 11) is 0. The molecule has 3 N–H and O–H groups in total. The Kier molecular flexibility index (Phi) is 6.84. The number of ether oxygens (including phenoxy) is 2. The average molecular weight is 364 g/mol. The minimum atomic E-state index is 0.0881. The van der Waals surface area contributed by atoms with Crippen LogP contribution in [0.15, 0.2) is 47.6 Å². The summed E-state index contributed by atoms with van der Waals surface area (Å²) in [6, 6.07) is 13.4. The molecule has 0 atom stereocenters. The van der Waals surface area contributed by atoms with E-state index in [1.54, 1.807) is 18.3 Å². The molecule has 0 aliphatic rings. The summed E-state index contributed by atoms with van der Waals surface area (Å²) in [5.41, 5.74) is 9.59. The SMILES string of the molecule is CCOc1cc(C=NNC(N)=S)cc(Cl)c1OCc1ccccc1. The molecule has 0 radical (unpaired) electrons. The number of rotatable bonds is 7. The maximum absolute atomic E-state index is 6.34. The smallest absolute Gasteiger partial charge is 0.184 e. The zero-order chi connectivity index (χ0) is 17.4. The summed E-state index contributed by atoms with van der Waals surface area (Å²) >= 11 is 11.0. The Hall–Kier alpha value is -2.31. The standard InChI is InChI=1S/C17H18ClN3O2S/c1-2-22-15-9-13(10-20-21-17(19)24)8-14(18)16(15)23-11-12-6-4-3-5-7-12/h3-10H,2,11H2,1H3,(H3,19,21,24). The molecule has 0 amide bonds. The number of hydrazone groups is 1. The van der Waals surface area contributed by atoms with Crippen molar-refractivity contribution in [3.05, 3.63) is 58.6 Å². The van der Waals surface area contributed by atoms with Crippen molar-refractivity contribution in [2.45, 2.75) is 13.5 Å². The minimum absolute atomic E-state index is 0.0881. The van der Waals surface area contributed by atoms with Crippen molar-refractivity contribution in [3.63, 3.8) is 0 Å². The van der Waals surface area contributed by atoms with E-state index in [4.69, 9.17) is 26.8 Å².